The molecule has 0 saturated heterocycles. The summed E-state index contributed by atoms with van der Waals surface area (Å²) in [4.78, 5) is 33.3. The van der Waals surface area contributed by atoms with Gasteiger partial charge in [0.15, 0.2) is 0 Å². The third-order valence-electron chi connectivity index (χ3n) is 6.43. The normalized spacial score (nSPS) is 10.8. The van der Waals surface area contributed by atoms with E-state index in [1.807, 2.05) is 44.3 Å². The number of nitrogens with zero attached hydrogens (tertiary/aromatic N) is 3. The Labute approximate surface area is 227 Å². The van der Waals surface area contributed by atoms with Crippen molar-refractivity contribution in [3.8, 4) is 6.07 Å². The Morgan fingerprint density at radius 3 is 2.41 bits per heavy atom. The van der Waals surface area contributed by atoms with Gasteiger partial charge in [0, 0.05) is 42.4 Å². The maximum atomic E-state index is 13.7. The van der Waals surface area contributed by atoms with Gasteiger partial charge in [-0.1, -0.05) is 44.2 Å². The topological polar surface area (TPSA) is 92.2 Å². The van der Waals surface area contributed by atoms with E-state index in [9.17, 15) is 14.0 Å². The van der Waals surface area contributed by atoms with Crippen molar-refractivity contribution in [1.29, 1.82) is 5.26 Å². The molecule has 0 atom stereocenters. The van der Waals surface area contributed by atoms with Crippen molar-refractivity contribution in [3.05, 3.63) is 102 Å². The zero-order valence-corrected chi connectivity index (χ0v) is 22.2. The quantitative estimate of drug-likeness (QED) is 0.268. The van der Waals surface area contributed by atoms with E-state index >= 15 is 0 Å². The highest BCUT2D eigenvalue weighted by Gasteiger charge is 2.23. The number of para-hydroxylation sites is 1. The van der Waals surface area contributed by atoms with E-state index in [0.29, 0.717) is 37.3 Å². The van der Waals surface area contributed by atoms with Crippen molar-refractivity contribution in [2.75, 3.05) is 25.0 Å². The molecule has 200 valence electrons. The number of hydrogen-bond donors (Lipinski definition) is 2. The fourth-order valence-electron chi connectivity index (χ4n) is 4.45. The standard InChI is InChI=1S/C31H32FN5O2/c1-22(2)19-37(31(39)35-27-13-9-23(17-33)10-14-27)21-30(38)36(20-24-7-11-26(32)12-8-24)16-15-25-18-34-29-6-4-3-5-28(25)29/h3-14,18,22,34H,15-16,19-21H2,1-2H3,(H,35,39). The summed E-state index contributed by atoms with van der Waals surface area (Å²) in [5, 5.41) is 13.0. The number of carbonyl (C=O) groups is 2. The molecule has 1 heterocycles. The number of urea groups is 1. The molecule has 3 aromatic carbocycles. The smallest absolute Gasteiger partial charge is 0.322 e. The Kier molecular flexibility index (Phi) is 8.95. The minimum absolute atomic E-state index is 0.102. The maximum absolute atomic E-state index is 13.7. The lowest BCUT2D eigenvalue weighted by Gasteiger charge is -2.29. The number of aromatic nitrogens is 1. The molecule has 3 amide bonds. The first-order valence-electron chi connectivity index (χ1n) is 13.0. The Bertz CT molecular complexity index is 1460. The van der Waals surface area contributed by atoms with Crippen molar-refractivity contribution >= 4 is 28.5 Å². The van der Waals surface area contributed by atoms with Gasteiger partial charge in [0.25, 0.3) is 0 Å². The van der Waals surface area contributed by atoms with Crippen molar-refractivity contribution in [1.82, 2.24) is 14.8 Å². The number of nitriles is 1. The summed E-state index contributed by atoms with van der Waals surface area (Å²) in [7, 11) is 0. The second-order valence-corrected chi connectivity index (χ2v) is 9.94. The predicted octanol–water partition coefficient (Wildman–Crippen LogP) is 5.94. The highest BCUT2D eigenvalue weighted by atomic mass is 19.1. The van der Waals surface area contributed by atoms with Crippen LogP contribution in [-0.2, 0) is 17.8 Å². The van der Waals surface area contributed by atoms with E-state index in [0.717, 1.165) is 22.0 Å². The fraction of sp³-hybridized carbons (Fsp3) is 0.258. The van der Waals surface area contributed by atoms with Crippen molar-refractivity contribution in [3.63, 3.8) is 0 Å². The van der Waals surface area contributed by atoms with Gasteiger partial charge >= 0.3 is 6.03 Å². The molecule has 2 N–H and O–H groups in total. The first-order chi connectivity index (χ1) is 18.8. The Morgan fingerprint density at radius 2 is 1.72 bits per heavy atom. The second kappa shape index (κ2) is 12.7. The van der Waals surface area contributed by atoms with E-state index in [-0.39, 0.29) is 30.2 Å². The summed E-state index contributed by atoms with van der Waals surface area (Å²) in [6.45, 7) is 4.99. The molecule has 4 aromatic rings. The lowest BCUT2D eigenvalue weighted by Crippen LogP contribution is -2.46. The molecular weight excluding hydrogens is 493 g/mol. The number of H-pyrrole nitrogens is 1. The van der Waals surface area contributed by atoms with E-state index in [1.54, 1.807) is 41.3 Å². The van der Waals surface area contributed by atoms with Crippen LogP contribution in [0.2, 0.25) is 0 Å². The third kappa shape index (κ3) is 7.45. The Balaban J connectivity index is 1.51. The maximum Gasteiger partial charge on any atom is 0.322 e. The summed E-state index contributed by atoms with van der Waals surface area (Å²) >= 11 is 0. The first kappa shape index (κ1) is 27.4. The van der Waals surface area contributed by atoms with Gasteiger partial charge < -0.3 is 20.1 Å². The Hall–Kier alpha value is -4.64. The van der Waals surface area contributed by atoms with E-state index < -0.39 is 0 Å². The highest BCUT2D eigenvalue weighted by Crippen LogP contribution is 2.19. The third-order valence-corrected chi connectivity index (χ3v) is 6.43. The van der Waals surface area contributed by atoms with Gasteiger partial charge in [-0.3, -0.25) is 4.79 Å². The lowest BCUT2D eigenvalue weighted by atomic mass is 10.1. The van der Waals surface area contributed by atoms with Gasteiger partial charge in [-0.15, -0.1) is 0 Å². The summed E-state index contributed by atoms with van der Waals surface area (Å²) < 4.78 is 13.5. The summed E-state index contributed by atoms with van der Waals surface area (Å²) in [5.74, 6) is -0.394. The number of anilines is 1. The van der Waals surface area contributed by atoms with E-state index in [2.05, 4.69) is 16.4 Å². The van der Waals surface area contributed by atoms with Crippen LogP contribution in [0.5, 0.6) is 0 Å². The lowest BCUT2D eigenvalue weighted by molar-refractivity contribution is -0.132. The van der Waals surface area contributed by atoms with Crippen LogP contribution < -0.4 is 5.32 Å². The van der Waals surface area contributed by atoms with E-state index in [1.165, 1.54) is 17.0 Å². The van der Waals surface area contributed by atoms with Gasteiger partial charge in [-0.25, -0.2) is 9.18 Å². The van der Waals surface area contributed by atoms with Gasteiger partial charge in [0.1, 0.15) is 12.4 Å². The molecule has 8 heteroatoms. The van der Waals surface area contributed by atoms with Crippen LogP contribution in [0.25, 0.3) is 10.9 Å². The number of benzene rings is 3. The molecule has 0 saturated carbocycles. The van der Waals surface area contributed by atoms with Gasteiger partial charge in [-0.2, -0.15) is 5.26 Å². The zero-order valence-electron chi connectivity index (χ0n) is 22.2. The zero-order chi connectivity index (χ0) is 27.8. The number of halogens is 1. The monoisotopic (exact) mass is 525 g/mol. The van der Waals surface area contributed by atoms with Crippen molar-refractivity contribution < 1.29 is 14.0 Å². The number of carbonyl (C=O) groups excluding carboxylic acids is 2. The molecule has 39 heavy (non-hydrogen) atoms. The number of aromatic amines is 1. The van der Waals surface area contributed by atoms with E-state index in [4.69, 9.17) is 5.26 Å². The average molecular weight is 526 g/mol. The van der Waals surface area contributed by atoms with Gasteiger partial charge in [-0.05, 0) is 65.9 Å². The highest BCUT2D eigenvalue weighted by molar-refractivity contribution is 5.92. The molecule has 0 radical (unpaired) electrons. The summed E-state index contributed by atoms with van der Waals surface area (Å²) in [5.41, 5.74) is 3.98. The summed E-state index contributed by atoms with van der Waals surface area (Å²) in [6, 6.07) is 22.4. The molecule has 0 unspecified atom stereocenters. The number of hydrogen-bond acceptors (Lipinski definition) is 3. The molecule has 1 aromatic heterocycles. The van der Waals surface area contributed by atoms with Crippen molar-refractivity contribution in [2.45, 2.75) is 26.8 Å². The van der Waals surface area contributed by atoms with Crippen LogP contribution in [-0.4, -0.2) is 46.4 Å². The molecule has 0 aliphatic heterocycles. The van der Waals surface area contributed by atoms with Crippen LogP contribution >= 0.6 is 0 Å². The van der Waals surface area contributed by atoms with Crippen LogP contribution in [0.3, 0.4) is 0 Å². The minimum Gasteiger partial charge on any atom is -0.361 e. The number of nitrogens with one attached hydrogen (secondary N) is 2. The predicted molar refractivity (Wildman–Crippen MR) is 150 cm³/mol. The number of rotatable bonds is 10. The van der Waals surface area contributed by atoms with Crippen molar-refractivity contribution in [2.24, 2.45) is 5.92 Å². The molecule has 0 spiro atoms. The molecule has 0 bridgehead atoms. The molecule has 0 fully saturated rings. The first-order valence-corrected chi connectivity index (χ1v) is 13.0. The van der Waals surface area contributed by atoms with Crippen LogP contribution in [0.1, 0.15) is 30.5 Å². The SMILES string of the molecule is CC(C)CN(CC(=O)N(CCc1c[nH]c2ccccc12)Cc1ccc(F)cc1)C(=O)Nc1ccc(C#N)cc1. The fourth-order valence-corrected chi connectivity index (χ4v) is 4.45. The second-order valence-electron chi connectivity index (χ2n) is 9.94. The van der Waals surface area contributed by atoms with Crippen LogP contribution in [0, 0.1) is 23.1 Å². The Morgan fingerprint density at radius 1 is 1.00 bits per heavy atom. The van der Waals surface area contributed by atoms with Gasteiger partial charge in [0.2, 0.25) is 5.91 Å². The number of amides is 3. The number of fused-ring (bicyclic) bond motifs is 1. The minimum atomic E-state index is -0.389. The molecule has 0 aliphatic rings. The largest absolute Gasteiger partial charge is 0.361 e. The molecule has 4 rings (SSSR count). The molecule has 0 aliphatic carbocycles. The van der Waals surface area contributed by atoms with Crippen LogP contribution in [0.4, 0.5) is 14.9 Å². The molecule has 7 nitrogen and oxygen atoms in total. The average Bonchev–Trinajstić information content (AvgIpc) is 3.35. The van der Waals surface area contributed by atoms with Crippen LogP contribution in [0.15, 0.2) is 79.0 Å². The molecular formula is C31H32FN5O2. The van der Waals surface area contributed by atoms with Gasteiger partial charge in [0.05, 0.1) is 11.6 Å². The summed E-state index contributed by atoms with van der Waals surface area (Å²) in [6.07, 6.45) is 2.58.